The summed E-state index contributed by atoms with van der Waals surface area (Å²) in [6, 6.07) is 1.48. The number of nitrogens with two attached hydrogens (primary N) is 1. The monoisotopic (exact) mass is 265 g/mol. The molecule has 1 aromatic rings. The van der Waals surface area contributed by atoms with Crippen molar-refractivity contribution in [2.24, 2.45) is 5.73 Å². The van der Waals surface area contributed by atoms with E-state index in [9.17, 15) is 8.78 Å². The molecule has 0 amide bonds. The standard InChI is InChI=1S/C9H10BrF2NO/c10-5-3-6(11)9(7(12)4-5)8(13)1-2-14/h3-4,8,14H,1-2,13H2/t8-/m0/s1. The lowest BCUT2D eigenvalue weighted by atomic mass is 10.0. The zero-order valence-corrected chi connectivity index (χ0v) is 8.89. The molecule has 1 rings (SSSR count). The first-order valence-electron chi connectivity index (χ1n) is 4.07. The van der Waals surface area contributed by atoms with Gasteiger partial charge in [-0.2, -0.15) is 0 Å². The second-order valence-corrected chi connectivity index (χ2v) is 3.82. The van der Waals surface area contributed by atoms with E-state index in [0.717, 1.165) is 12.1 Å². The molecule has 3 N–H and O–H groups in total. The fourth-order valence-corrected chi connectivity index (χ4v) is 1.59. The van der Waals surface area contributed by atoms with Crippen molar-refractivity contribution in [3.8, 4) is 0 Å². The summed E-state index contributed by atoms with van der Waals surface area (Å²) in [5.74, 6) is -1.39. The Morgan fingerprint density at radius 3 is 2.29 bits per heavy atom. The third-order valence-electron chi connectivity index (χ3n) is 1.85. The highest BCUT2D eigenvalue weighted by molar-refractivity contribution is 9.10. The van der Waals surface area contributed by atoms with Gasteiger partial charge >= 0.3 is 0 Å². The molecular formula is C9H10BrF2NO. The molecule has 5 heteroatoms. The molecule has 0 aliphatic heterocycles. The Hall–Kier alpha value is -0.520. The van der Waals surface area contributed by atoms with Crippen molar-refractivity contribution in [3.05, 3.63) is 33.8 Å². The number of aliphatic hydroxyl groups is 1. The molecular weight excluding hydrogens is 256 g/mol. The molecule has 0 unspecified atom stereocenters. The van der Waals surface area contributed by atoms with E-state index in [-0.39, 0.29) is 18.6 Å². The Balaban J connectivity index is 3.07. The molecule has 0 saturated carbocycles. The van der Waals surface area contributed by atoms with Crippen LogP contribution in [0.1, 0.15) is 18.0 Å². The van der Waals surface area contributed by atoms with Gasteiger partial charge in [0, 0.05) is 22.7 Å². The summed E-state index contributed by atoms with van der Waals surface area (Å²) >= 11 is 2.97. The number of aliphatic hydroxyl groups excluding tert-OH is 1. The van der Waals surface area contributed by atoms with Gasteiger partial charge in [0.1, 0.15) is 11.6 Å². The van der Waals surface area contributed by atoms with Crippen LogP contribution in [0.25, 0.3) is 0 Å². The molecule has 0 bridgehead atoms. The van der Waals surface area contributed by atoms with Gasteiger partial charge in [-0.05, 0) is 18.6 Å². The van der Waals surface area contributed by atoms with E-state index in [2.05, 4.69) is 15.9 Å². The van der Waals surface area contributed by atoms with Crippen LogP contribution in [0.3, 0.4) is 0 Å². The minimum absolute atomic E-state index is 0.134. The van der Waals surface area contributed by atoms with Gasteiger partial charge in [-0.1, -0.05) is 15.9 Å². The minimum atomic E-state index is -0.812. The van der Waals surface area contributed by atoms with Gasteiger partial charge in [-0.3, -0.25) is 0 Å². The maximum atomic E-state index is 13.3. The molecule has 2 nitrogen and oxygen atoms in total. The minimum Gasteiger partial charge on any atom is -0.396 e. The molecule has 78 valence electrons. The van der Waals surface area contributed by atoms with Gasteiger partial charge in [0.05, 0.1) is 0 Å². The van der Waals surface area contributed by atoms with Crippen molar-refractivity contribution in [1.82, 2.24) is 0 Å². The van der Waals surface area contributed by atoms with Gasteiger partial charge < -0.3 is 10.8 Å². The normalized spacial score (nSPS) is 12.9. The van der Waals surface area contributed by atoms with E-state index < -0.39 is 17.7 Å². The number of hydrogen-bond acceptors (Lipinski definition) is 2. The smallest absolute Gasteiger partial charge is 0.132 e. The maximum absolute atomic E-state index is 13.3. The summed E-state index contributed by atoms with van der Waals surface area (Å²) in [5, 5.41) is 8.60. The quantitative estimate of drug-likeness (QED) is 0.880. The predicted octanol–water partition coefficient (Wildman–Crippen LogP) is 2.11. The Kier molecular flexibility index (Phi) is 3.97. The molecule has 0 saturated heterocycles. The largest absolute Gasteiger partial charge is 0.396 e. The van der Waals surface area contributed by atoms with Crippen LogP contribution >= 0.6 is 15.9 Å². The van der Waals surface area contributed by atoms with E-state index >= 15 is 0 Å². The van der Waals surface area contributed by atoms with E-state index in [0.29, 0.717) is 4.47 Å². The first kappa shape index (κ1) is 11.6. The zero-order chi connectivity index (χ0) is 10.7. The SMILES string of the molecule is N[C@@H](CCO)c1c(F)cc(Br)cc1F. The van der Waals surface area contributed by atoms with Gasteiger partial charge in [0.15, 0.2) is 0 Å². The summed E-state index contributed by atoms with van der Waals surface area (Å²) in [5.41, 5.74) is 5.32. The molecule has 14 heavy (non-hydrogen) atoms. The molecule has 1 atom stereocenters. The lowest BCUT2D eigenvalue weighted by molar-refractivity contribution is 0.274. The second-order valence-electron chi connectivity index (χ2n) is 2.90. The molecule has 0 fully saturated rings. The lowest BCUT2D eigenvalue weighted by Gasteiger charge is -2.12. The Morgan fingerprint density at radius 2 is 1.86 bits per heavy atom. The highest BCUT2D eigenvalue weighted by atomic mass is 79.9. The Labute approximate surface area is 88.9 Å². The van der Waals surface area contributed by atoms with Crippen LogP contribution in [-0.4, -0.2) is 11.7 Å². The summed E-state index contributed by atoms with van der Waals surface area (Å²) in [4.78, 5) is 0. The van der Waals surface area contributed by atoms with Crippen molar-refractivity contribution in [2.45, 2.75) is 12.5 Å². The van der Waals surface area contributed by atoms with E-state index in [1.807, 2.05) is 0 Å². The molecule has 0 aromatic heterocycles. The van der Waals surface area contributed by atoms with Crippen molar-refractivity contribution >= 4 is 15.9 Å². The van der Waals surface area contributed by atoms with Crippen LogP contribution in [0.15, 0.2) is 16.6 Å². The van der Waals surface area contributed by atoms with E-state index in [1.165, 1.54) is 0 Å². The molecule has 1 aromatic carbocycles. The first-order chi connectivity index (χ1) is 6.56. The van der Waals surface area contributed by atoms with Crippen LogP contribution in [0.5, 0.6) is 0 Å². The number of hydrogen-bond donors (Lipinski definition) is 2. The molecule has 0 aliphatic carbocycles. The van der Waals surface area contributed by atoms with Crippen molar-refractivity contribution < 1.29 is 13.9 Å². The third kappa shape index (κ3) is 2.50. The molecule has 0 aliphatic rings. The zero-order valence-electron chi connectivity index (χ0n) is 7.30. The van der Waals surface area contributed by atoms with Crippen molar-refractivity contribution in [1.29, 1.82) is 0 Å². The fraction of sp³-hybridized carbons (Fsp3) is 0.333. The van der Waals surface area contributed by atoms with Gasteiger partial charge in [0.2, 0.25) is 0 Å². The third-order valence-corrected chi connectivity index (χ3v) is 2.31. The highest BCUT2D eigenvalue weighted by Gasteiger charge is 2.16. The summed E-state index contributed by atoms with van der Waals surface area (Å²) in [6.45, 7) is -0.198. The summed E-state index contributed by atoms with van der Waals surface area (Å²) in [7, 11) is 0. The highest BCUT2D eigenvalue weighted by Crippen LogP contribution is 2.24. The van der Waals surface area contributed by atoms with Crippen LogP contribution in [0.4, 0.5) is 8.78 Å². The number of halogens is 3. The first-order valence-corrected chi connectivity index (χ1v) is 4.86. The Bertz CT molecular complexity index is 310. The summed E-state index contributed by atoms with van der Waals surface area (Å²) < 4.78 is 26.8. The van der Waals surface area contributed by atoms with Crippen molar-refractivity contribution in [2.75, 3.05) is 6.61 Å². The van der Waals surface area contributed by atoms with Crippen LogP contribution in [-0.2, 0) is 0 Å². The van der Waals surface area contributed by atoms with Crippen molar-refractivity contribution in [3.63, 3.8) is 0 Å². The molecule has 0 radical (unpaired) electrons. The average molecular weight is 266 g/mol. The van der Waals surface area contributed by atoms with E-state index in [4.69, 9.17) is 10.8 Å². The van der Waals surface area contributed by atoms with Crippen LogP contribution < -0.4 is 5.73 Å². The summed E-state index contributed by atoms with van der Waals surface area (Å²) in [6.07, 6.45) is 0.134. The Morgan fingerprint density at radius 1 is 1.36 bits per heavy atom. The van der Waals surface area contributed by atoms with E-state index in [1.54, 1.807) is 0 Å². The topological polar surface area (TPSA) is 46.2 Å². The molecule has 0 spiro atoms. The number of rotatable bonds is 3. The van der Waals surface area contributed by atoms with Crippen LogP contribution in [0, 0.1) is 11.6 Å². The lowest BCUT2D eigenvalue weighted by Crippen LogP contribution is -2.15. The maximum Gasteiger partial charge on any atom is 0.132 e. The van der Waals surface area contributed by atoms with Crippen LogP contribution in [0.2, 0.25) is 0 Å². The second kappa shape index (κ2) is 4.82. The number of benzene rings is 1. The fourth-order valence-electron chi connectivity index (χ4n) is 1.19. The predicted molar refractivity (Wildman–Crippen MR) is 52.7 cm³/mol. The molecule has 0 heterocycles. The van der Waals surface area contributed by atoms with Gasteiger partial charge in [0.25, 0.3) is 0 Å². The van der Waals surface area contributed by atoms with Gasteiger partial charge in [-0.15, -0.1) is 0 Å². The van der Waals surface area contributed by atoms with Gasteiger partial charge in [-0.25, -0.2) is 8.78 Å². The average Bonchev–Trinajstić information content (AvgIpc) is 2.01.